The minimum absolute atomic E-state index is 0.305. The summed E-state index contributed by atoms with van der Waals surface area (Å²) in [5, 5.41) is 0. The molecular weight excluding hydrogens is 367 g/mol. The van der Waals surface area contributed by atoms with Gasteiger partial charge in [-0.25, -0.2) is 4.79 Å². The maximum absolute atomic E-state index is 11.7. The van der Waals surface area contributed by atoms with Crippen LogP contribution in [0.15, 0.2) is 12.2 Å². The van der Waals surface area contributed by atoms with Crippen LogP contribution in [0.25, 0.3) is 0 Å². The van der Waals surface area contributed by atoms with Crippen molar-refractivity contribution in [2.24, 2.45) is 0 Å². The van der Waals surface area contributed by atoms with Crippen LogP contribution in [0.2, 0.25) is 19.6 Å². The van der Waals surface area contributed by atoms with Gasteiger partial charge in [-0.15, -0.1) is 0 Å². The molecule has 2 aliphatic rings. The van der Waals surface area contributed by atoms with E-state index < -0.39 is 26.5 Å². The molecule has 1 fully saturated rings. The summed E-state index contributed by atoms with van der Waals surface area (Å²) in [5.74, 6) is -0.708. The summed E-state index contributed by atoms with van der Waals surface area (Å²) in [6.07, 6.45) is 1.56. The molecule has 0 saturated carbocycles. The SMILES string of the molecule is C[Si](C)(C)O[C@H]1[C@H]([C@H]2C=CC(=O)O2)OC(=O)[C@@H]1I. The molecule has 0 spiro atoms. The number of ether oxygens (including phenoxy) is 2. The molecule has 1 saturated heterocycles. The van der Waals surface area contributed by atoms with Gasteiger partial charge < -0.3 is 13.9 Å². The fourth-order valence-corrected chi connectivity index (χ4v) is 3.99. The third kappa shape index (κ3) is 2.94. The number of carbonyl (C=O) groups excluding carboxylic acids is 2. The minimum atomic E-state index is -1.81. The molecule has 0 amide bonds. The van der Waals surface area contributed by atoms with Gasteiger partial charge in [0.05, 0.1) is 0 Å². The van der Waals surface area contributed by atoms with Crippen molar-refractivity contribution in [3.8, 4) is 0 Å². The molecule has 4 atom stereocenters. The Morgan fingerprint density at radius 3 is 2.44 bits per heavy atom. The zero-order valence-corrected chi connectivity index (χ0v) is 13.5. The van der Waals surface area contributed by atoms with E-state index >= 15 is 0 Å². The standard InChI is InChI=1S/C11H15IO5Si/c1-18(2,3)17-10-8(12)11(14)16-9(10)6-4-5-7(13)15-6/h4-6,8-10H,1-3H3/t6-,8-,9+,10-/m1/s1. The summed E-state index contributed by atoms with van der Waals surface area (Å²) in [4.78, 5) is 22.7. The fourth-order valence-electron chi connectivity index (χ4n) is 1.92. The molecule has 0 aromatic heterocycles. The highest BCUT2D eigenvalue weighted by atomic mass is 127. The highest BCUT2D eigenvalue weighted by Gasteiger charge is 2.50. The van der Waals surface area contributed by atoms with Gasteiger partial charge >= 0.3 is 11.9 Å². The van der Waals surface area contributed by atoms with E-state index in [9.17, 15) is 9.59 Å². The van der Waals surface area contributed by atoms with Crippen LogP contribution in [-0.4, -0.2) is 42.5 Å². The third-order valence-electron chi connectivity index (χ3n) is 2.58. The molecule has 0 radical (unpaired) electrons. The van der Waals surface area contributed by atoms with Crippen molar-refractivity contribution in [3.05, 3.63) is 12.2 Å². The Kier molecular flexibility index (Phi) is 3.84. The molecule has 5 nitrogen and oxygen atoms in total. The van der Waals surface area contributed by atoms with Crippen LogP contribution >= 0.6 is 22.6 Å². The maximum Gasteiger partial charge on any atom is 0.331 e. The van der Waals surface area contributed by atoms with E-state index in [0.29, 0.717) is 0 Å². The van der Waals surface area contributed by atoms with Gasteiger partial charge in [0.2, 0.25) is 0 Å². The number of halogens is 1. The molecule has 100 valence electrons. The fraction of sp³-hybridized carbons (Fsp3) is 0.636. The van der Waals surface area contributed by atoms with Crippen molar-refractivity contribution in [3.63, 3.8) is 0 Å². The second-order valence-electron chi connectivity index (χ2n) is 5.26. The van der Waals surface area contributed by atoms with E-state index in [-0.39, 0.29) is 16.0 Å². The Labute approximate surface area is 120 Å². The number of hydrogen-bond donors (Lipinski definition) is 0. The van der Waals surface area contributed by atoms with Crippen molar-refractivity contribution < 1.29 is 23.5 Å². The number of rotatable bonds is 3. The number of hydrogen-bond acceptors (Lipinski definition) is 5. The maximum atomic E-state index is 11.7. The molecule has 2 aliphatic heterocycles. The molecule has 18 heavy (non-hydrogen) atoms. The Morgan fingerprint density at radius 2 is 1.94 bits per heavy atom. The summed E-state index contributed by atoms with van der Waals surface area (Å²) in [6, 6.07) is 0. The van der Waals surface area contributed by atoms with Gasteiger partial charge in [0.1, 0.15) is 10.0 Å². The van der Waals surface area contributed by atoms with Gasteiger partial charge in [0, 0.05) is 6.08 Å². The van der Waals surface area contributed by atoms with Crippen LogP contribution < -0.4 is 0 Å². The average molecular weight is 382 g/mol. The molecule has 0 aliphatic carbocycles. The summed E-state index contributed by atoms with van der Waals surface area (Å²) in [7, 11) is -1.81. The van der Waals surface area contributed by atoms with Crippen LogP contribution in [0.1, 0.15) is 0 Å². The first-order valence-corrected chi connectivity index (χ1v) is 10.3. The van der Waals surface area contributed by atoms with Crippen molar-refractivity contribution in [1.82, 2.24) is 0 Å². The van der Waals surface area contributed by atoms with Gasteiger partial charge in [-0.2, -0.15) is 0 Å². The summed E-state index contributed by atoms with van der Waals surface area (Å²) in [6.45, 7) is 6.14. The second kappa shape index (κ2) is 4.93. The lowest BCUT2D eigenvalue weighted by atomic mass is 10.1. The molecule has 0 unspecified atom stereocenters. The van der Waals surface area contributed by atoms with Crippen LogP contribution in [0.4, 0.5) is 0 Å². The van der Waals surface area contributed by atoms with E-state index in [4.69, 9.17) is 13.9 Å². The Balaban J connectivity index is 2.15. The van der Waals surface area contributed by atoms with Gasteiger partial charge in [-0.1, -0.05) is 22.6 Å². The number of carbonyl (C=O) groups is 2. The zero-order valence-electron chi connectivity index (χ0n) is 10.4. The Morgan fingerprint density at radius 1 is 1.28 bits per heavy atom. The number of alkyl halides is 1. The van der Waals surface area contributed by atoms with Crippen molar-refractivity contribution in [2.45, 2.75) is 41.9 Å². The molecule has 7 heteroatoms. The summed E-state index contributed by atoms with van der Waals surface area (Å²) < 4.78 is 16.0. The monoisotopic (exact) mass is 382 g/mol. The lowest BCUT2D eigenvalue weighted by Gasteiger charge is -2.28. The van der Waals surface area contributed by atoms with E-state index in [1.807, 2.05) is 42.2 Å². The normalized spacial score (nSPS) is 35.8. The largest absolute Gasteiger partial charge is 0.454 e. The minimum Gasteiger partial charge on any atom is -0.454 e. The molecule has 0 N–H and O–H groups in total. The average Bonchev–Trinajstić information content (AvgIpc) is 2.76. The predicted molar refractivity (Wildman–Crippen MR) is 74.9 cm³/mol. The van der Waals surface area contributed by atoms with Gasteiger partial charge in [-0.05, 0) is 25.7 Å². The number of cyclic esters (lactones) is 2. The lowest BCUT2D eigenvalue weighted by molar-refractivity contribution is -0.153. The highest BCUT2D eigenvalue weighted by molar-refractivity contribution is 14.1. The quantitative estimate of drug-likeness (QED) is 0.320. The molecule has 0 bridgehead atoms. The number of esters is 2. The lowest BCUT2D eigenvalue weighted by Crippen LogP contribution is -2.44. The van der Waals surface area contributed by atoms with Crippen LogP contribution in [0.3, 0.4) is 0 Å². The van der Waals surface area contributed by atoms with Crippen molar-refractivity contribution in [1.29, 1.82) is 0 Å². The first kappa shape index (κ1) is 14.0. The predicted octanol–water partition coefficient (Wildman–Crippen LogP) is 1.42. The second-order valence-corrected chi connectivity index (χ2v) is 11.1. The molecule has 0 aromatic carbocycles. The highest BCUT2D eigenvalue weighted by Crippen LogP contribution is 2.32. The first-order chi connectivity index (χ1) is 8.28. The van der Waals surface area contributed by atoms with Crippen molar-refractivity contribution in [2.75, 3.05) is 0 Å². The molecule has 0 aromatic rings. The van der Waals surface area contributed by atoms with Crippen LogP contribution in [0.5, 0.6) is 0 Å². The van der Waals surface area contributed by atoms with Crippen molar-refractivity contribution >= 4 is 42.8 Å². The van der Waals surface area contributed by atoms with E-state index in [2.05, 4.69) is 0 Å². The van der Waals surface area contributed by atoms with E-state index in [0.717, 1.165) is 0 Å². The zero-order chi connectivity index (χ0) is 13.5. The smallest absolute Gasteiger partial charge is 0.331 e. The molecule has 2 rings (SSSR count). The van der Waals surface area contributed by atoms with Crippen LogP contribution in [-0.2, 0) is 23.5 Å². The molecular formula is C11H15IO5Si. The van der Waals surface area contributed by atoms with Gasteiger partial charge in [0.15, 0.2) is 20.5 Å². The summed E-state index contributed by atoms with van der Waals surface area (Å²) >= 11 is 2.03. The Hall–Kier alpha value is -0.413. The third-order valence-corrected chi connectivity index (χ3v) is 4.77. The topological polar surface area (TPSA) is 61.8 Å². The Bertz CT molecular complexity index is 403. The van der Waals surface area contributed by atoms with Gasteiger partial charge in [0.25, 0.3) is 0 Å². The van der Waals surface area contributed by atoms with Gasteiger partial charge in [-0.3, -0.25) is 4.79 Å². The molecule has 2 heterocycles. The first-order valence-electron chi connectivity index (χ1n) is 5.69. The van der Waals surface area contributed by atoms with Crippen LogP contribution in [0, 0.1) is 0 Å². The van der Waals surface area contributed by atoms with E-state index in [1.54, 1.807) is 6.08 Å². The summed E-state index contributed by atoms with van der Waals surface area (Å²) in [5.41, 5.74) is 0. The van der Waals surface area contributed by atoms with E-state index in [1.165, 1.54) is 6.08 Å².